The Bertz CT molecular complexity index is 743. The van der Waals surface area contributed by atoms with Gasteiger partial charge in [0.05, 0.1) is 18.8 Å². The number of carbonyl (C=O) groups excluding carboxylic acids is 1. The zero-order valence-electron chi connectivity index (χ0n) is 13.3. The van der Waals surface area contributed by atoms with Crippen LogP contribution >= 0.6 is 0 Å². The lowest BCUT2D eigenvalue weighted by Gasteiger charge is -2.43. The lowest BCUT2D eigenvalue weighted by Crippen LogP contribution is -2.54. The molecular weight excluding hydrogens is 311 g/mol. The quantitative estimate of drug-likeness (QED) is 0.848. The molecule has 1 aromatic heterocycles. The Hall–Kier alpha value is -2.21. The number of carbonyl (C=O) groups is 1. The van der Waals surface area contributed by atoms with Crippen LogP contribution in [0, 0.1) is 5.82 Å². The van der Waals surface area contributed by atoms with Crippen LogP contribution in [0.25, 0.3) is 11.3 Å². The van der Waals surface area contributed by atoms with Crippen LogP contribution in [0.1, 0.15) is 36.2 Å². The van der Waals surface area contributed by atoms with Crippen LogP contribution in [0.3, 0.4) is 0 Å². The molecule has 0 radical (unpaired) electrons. The summed E-state index contributed by atoms with van der Waals surface area (Å²) in [6, 6.07) is 7.79. The smallest absolute Gasteiger partial charge is 0.292 e. The standard InChI is InChI=1S/C18H19FN2O3/c19-13-5-3-4-12(10-13)14-11-17(24-20-14)18(22)21-8-9-23-16-7-2-1-6-15(16)21/h3-5,10-11,15-16H,1-2,6-9H2/t15-,16+/m1/s1. The Morgan fingerprint density at radius 3 is 3.00 bits per heavy atom. The lowest BCUT2D eigenvalue weighted by molar-refractivity contribution is -0.0760. The maximum absolute atomic E-state index is 13.3. The fourth-order valence-electron chi connectivity index (χ4n) is 3.65. The minimum atomic E-state index is -0.346. The number of hydrogen-bond donors (Lipinski definition) is 0. The highest BCUT2D eigenvalue weighted by atomic mass is 19.1. The molecule has 5 nitrogen and oxygen atoms in total. The molecule has 0 unspecified atom stereocenters. The average molecular weight is 330 g/mol. The van der Waals surface area contributed by atoms with Crippen molar-refractivity contribution in [1.82, 2.24) is 10.1 Å². The molecule has 2 fully saturated rings. The summed E-state index contributed by atoms with van der Waals surface area (Å²) in [5, 5.41) is 3.93. The highest BCUT2D eigenvalue weighted by Gasteiger charge is 2.38. The Morgan fingerprint density at radius 1 is 1.25 bits per heavy atom. The normalized spacial score (nSPS) is 23.8. The number of morpholine rings is 1. The first kappa shape index (κ1) is 15.3. The first-order chi connectivity index (χ1) is 11.7. The van der Waals surface area contributed by atoms with Crippen molar-refractivity contribution in [2.75, 3.05) is 13.2 Å². The van der Waals surface area contributed by atoms with Crippen molar-refractivity contribution in [3.63, 3.8) is 0 Å². The summed E-state index contributed by atoms with van der Waals surface area (Å²) >= 11 is 0. The molecule has 1 amide bonds. The largest absolute Gasteiger partial charge is 0.374 e. The Balaban J connectivity index is 1.56. The maximum Gasteiger partial charge on any atom is 0.292 e. The Labute approximate surface area is 139 Å². The molecule has 6 heteroatoms. The zero-order chi connectivity index (χ0) is 16.5. The van der Waals surface area contributed by atoms with E-state index < -0.39 is 0 Å². The van der Waals surface area contributed by atoms with Gasteiger partial charge in [0.1, 0.15) is 11.5 Å². The first-order valence-corrected chi connectivity index (χ1v) is 8.37. The zero-order valence-corrected chi connectivity index (χ0v) is 13.3. The minimum absolute atomic E-state index is 0.114. The van der Waals surface area contributed by atoms with E-state index >= 15 is 0 Å². The number of amides is 1. The van der Waals surface area contributed by atoms with Crippen molar-refractivity contribution >= 4 is 5.91 Å². The van der Waals surface area contributed by atoms with E-state index in [1.165, 1.54) is 12.1 Å². The van der Waals surface area contributed by atoms with Crippen molar-refractivity contribution < 1.29 is 18.4 Å². The molecule has 1 saturated carbocycles. The minimum Gasteiger partial charge on any atom is -0.374 e. The van der Waals surface area contributed by atoms with Crippen molar-refractivity contribution in [2.24, 2.45) is 0 Å². The molecule has 2 aromatic rings. The van der Waals surface area contributed by atoms with Crippen LogP contribution in [-0.2, 0) is 4.74 Å². The van der Waals surface area contributed by atoms with Gasteiger partial charge in [-0.3, -0.25) is 4.79 Å². The van der Waals surface area contributed by atoms with E-state index in [-0.39, 0.29) is 29.6 Å². The van der Waals surface area contributed by atoms with Crippen LogP contribution in [0.5, 0.6) is 0 Å². The molecule has 24 heavy (non-hydrogen) atoms. The number of fused-ring (bicyclic) bond motifs is 1. The van der Waals surface area contributed by atoms with Crippen molar-refractivity contribution in [2.45, 2.75) is 37.8 Å². The van der Waals surface area contributed by atoms with E-state index in [0.717, 1.165) is 25.7 Å². The van der Waals surface area contributed by atoms with Gasteiger partial charge in [0.25, 0.3) is 5.91 Å². The van der Waals surface area contributed by atoms with Crippen LogP contribution in [-0.4, -0.2) is 41.3 Å². The second-order valence-electron chi connectivity index (χ2n) is 6.35. The summed E-state index contributed by atoms with van der Waals surface area (Å²) in [4.78, 5) is 14.7. The molecule has 1 aromatic carbocycles. The molecule has 0 bridgehead atoms. The predicted molar refractivity (Wildman–Crippen MR) is 84.9 cm³/mol. The Kier molecular flexibility index (Phi) is 4.06. The predicted octanol–water partition coefficient (Wildman–Crippen LogP) is 3.26. The van der Waals surface area contributed by atoms with Crippen LogP contribution in [0.4, 0.5) is 4.39 Å². The number of halogens is 1. The van der Waals surface area contributed by atoms with Gasteiger partial charge in [0, 0.05) is 18.2 Å². The third-order valence-electron chi connectivity index (χ3n) is 4.83. The number of aromatic nitrogens is 1. The van der Waals surface area contributed by atoms with E-state index in [1.807, 2.05) is 4.90 Å². The van der Waals surface area contributed by atoms with E-state index in [0.29, 0.717) is 24.4 Å². The van der Waals surface area contributed by atoms with Gasteiger partial charge >= 0.3 is 0 Å². The number of hydrogen-bond acceptors (Lipinski definition) is 4. The first-order valence-electron chi connectivity index (χ1n) is 8.37. The molecule has 2 atom stereocenters. The SMILES string of the molecule is O=C(c1cc(-c2cccc(F)c2)no1)N1CCO[C@H]2CCCC[C@H]21. The van der Waals surface area contributed by atoms with E-state index in [4.69, 9.17) is 9.26 Å². The van der Waals surface area contributed by atoms with Crippen LogP contribution in [0.2, 0.25) is 0 Å². The van der Waals surface area contributed by atoms with E-state index in [1.54, 1.807) is 18.2 Å². The third-order valence-corrected chi connectivity index (χ3v) is 4.83. The highest BCUT2D eigenvalue weighted by molar-refractivity contribution is 5.92. The molecule has 0 N–H and O–H groups in total. The summed E-state index contributed by atoms with van der Waals surface area (Å²) < 4.78 is 24.4. The van der Waals surface area contributed by atoms with Crippen LogP contribution < -0.4 is 0 Å². The summed E-state index contributed by atoms with van der Waals surface area (Å²) in [6.45, 7) is 1.12. The second-order valence-corrected chi connectivity index (χ2v) is 6.35. The molecule has 126 valence electrons. The summed E-state index contributed by atoms with van der Waals surface area (Å²) in [5.74, 6) is -0.313. The van der Waals surface area contributed by atoms with Gasteiger partial charge in [-0.15, -0.1) is 0 Å². The third kappa shape index (κ3) is 2.82. The highest BCUT2D eigenvalue weighted by Crippen LogP contribution is 2.30. The van der Waals surface area contributed by atoms with E-state index in [2.05, 4.69) is 5.16 Å². The topological polar surface area (TPSA) is 55.6 Å². The second kappa shape index (κ2) is 6.36. The molecule has 0 spiro atoms. The molecule has 1 aliphatic heterocycles. The van der Waals surface area contributed by atoms with Gasteiger partial charge in [-0.2, -0.15) is 0 Å². The van der Waals surface area contributed by atoms with Gasteiger partial charge in [0.2, 0.25) is 5.76 Å². The van der Waals surface area contributed by atoms with Gasteiger partial charge in [0.15, 0.2) is 0 Å². The van der Waals surface area contributed by atoms with Gasteiger partial charge in [-0.05, 0) is 25.0 Å². The number of rotatable bonds is 2. The Morgan fingerprint density at radius 2 is 2.12 bits per heavy atom. The fourth-order valence-corrected chi connectivity index (χ4v) is 3.65. The lowest BCUT2D eigenvalue weighted by atomic mass is 9.90. The number of ether oxygens (including phenoxy) is 1. The summed E-state index contributed by atoms with van der Waals surface area (Å²) in [7, 11) is 0. The molecule has 2 heterocycles. The summed E-state index contributed by atoms with van der Waals surface area (Å²) in [5.41, 5.74) is 1.06. The monoisotopic (exact) mass is 330 g/mol. The van der Waals surface area contributed by atoms with Gasteiger partial charge in [-0.25, -0.2) is 4.39 Å². The van der Waals surface area contributed by atoms with Gasteiger partial charge in [-0.1, -0.05) is 30.1 Å². The molecule has 4 rings (SSSR count). The van der Waals surface area contributed by atoms with Gasteiger partial charge < -0.3 is 14.2 Å². The summed E-state index contributed by atoms with van der Waals surface area (Å²) in [6.07, 6.45) is 4.34. The van der Waals surface area contributed by atoms with Crippen molar-refractivity contribution in [3.8, 4) is 11.3 Å². The fraction of sp³-hybridized carbons (Fsp3) is 0.444. The molecular formula is C18H19FN2O3. The maximum atomic E-state index is 13.3. The number of nitrogens with zero attached hydrogens (tertiary/aromatic N) is 2. The van der Waals surface area contributed by atoms with Crippen LogP contribution in [0.15, 0.2) is 34.9 Å². The molecule has 1 aliphatic carbocycles. The molecule has 2 aliphatic rings. The van der Waals surface area contributed by atoms with Crippen molar-refractivity contribution in [3.05, 3.63) is 41.9 Å². The van der Waals surface area contributed by atoms with Crippen molar-refractivity contribution in [1.29, 1.82) is 0 Å². The molecule has 1 saturated heterocycles. The van der Waals surface area contributed by atoms with E-state index in [9.17, 15) is 9.18 Å². The number of benzene rings is 1. The average Bonchev–Trinajstić information content (AvgIpc) is 3.11.